The Labute approximate surface area is 85.3 Å². The molecule has 1 fully saturated rings. The zero-order chi connectivity index (χ0) is 8.60. The van der Waals surface area contributed by atoms with E-state index in [2.05, 4.69) is 33.4 Å². The van der Waals surface area contributed by atoms with Gasteiger partial charge in [-0.15, -0.1) is 11.3 Å². The van der Waals surface area contributed by atoms with Crippen LogP contribution >= 0.6 is 27.3 Å². The smallest absolute Gasteiger partial charge is 0.0701 e. The van der Waals surface area contributed by atoms with Gasteiger partial charge in [0.2, 0.25) is 0 Å². The standard InChI is InChI=1S/C9H12BrNS/c1-11-6-9(4-5-9)7-2-3-8(10)12-7/h2-3,11H,4-6H2,1H3. The zero-order valence-corrected chi connectivity index (χ0v) is 9.46. The highest BCUT2D eigenvalue weighted by molar-refractivity contribution is 9.11. The van der Waals surface area contributed by atoms with Crippen LogP contribution in [-0.2, 0) is 5.41 Å². The van der Waals surface area contributed by atoms with Crippen LogP contribution in [0, 0.1) is 0 Å². The molecule has 0 aromatic carbocycles. The van der Waals surface area contributed by atoms with Crippen molar-refractivity contribution in [1.29, 1.82) is 0 Å². The van der Waals surface area contributed by atoms with Crippen molar-refractivity contribution in [3.05, 3.63) is 20.8 Å². The molecule has 3 heteroatoms. The van der Waals surface area contributed by atoms with Crippen LogP contribution in [-0.4, -0.2) is 13.6 Å². The number of thiophene rings is 1. The van der Waals surface area contributed by atoms with Gasteiger partial charge in [-0.05, 0) is 48.0 Å². The van der Waals surface area contributed by atoms with Crippen LogP contribution in [0.25, 0.3) is 0 Å². The minimum atomic E-state index is 0.492. The molecule has 1 aromatic heterocycles. The topological polar surface area (TPSA) is 12.0 Å². The Morgan fingerprint density at radius 3 is 2.75 bits per heavy atom. The van der Waals surface area contributed by atoms with Crippen LogP contribution in [0.2, 0.25) is 0 Å². The molecule has 1 aliphatic rings. The molecule has 2 rings (SSSR count). The summed E-state index contributed by atoms with van der Waals surface area (Å²) in [4.78, 5) is 1.53. The highest BCUT2D eigenvalue weighted by Crippen LogP contribution is 2.50. The first-order valence-electron chi connectivity index (χ1n) is 4.17. The van der Waals surface area contributed by atoms with E-state index in [1.807, 2.05) is 18.4 Å². The Morgan fingerprint density at radius 1 is 1.58 bits per heavy atom. The molecule has 0 atom stereocenters. The maximum Gasteiger partial charge on any atom is 0.0701 e. The lowest BCUT2D eigenvalue weighted by Crippen LogP contribution is -2.22. The third-order valence-corrected chi connectivity index (χ3v) is 4.33. The lowest BCUT2D eigenvalue weighted by molar-refractivity contribution is 0.634. The van der Waals surface area contributed by atoms with Gasteiger partial charge >= 0.3 is 0 Å². The normalized spacial score (nSPS) is 19.5. The molecule has 0 aliphatic heterocycles. The summed E-state index contributed by atoms with van der Waals surface area (Å²) in [6, 6.07) is 4.40. The number of halogens is 1. The van der Waals surface area contributed by atoms with Crippen molar-refractivity contribution in [3.8, 4) is 0 Å². The summed E-state index contributed by atoms with van der Waals surface area (Å²) in [6.07, 6.45) is 2.70. The minimum Gasteiger partial charge on any atom is -0.319 e. The van der Waals surface area contributed by atoms with Gasteiger partial charge in [-0.2, -0.15) is 0 Å². The second-order valence-electron chi connectivity index (χ2n) is 3.41. The fourth-order valence-electron chi connectivity index (χ4n) is 1.60. The molecule has 0 unspecified atom stereocenters. The quantitative estimate of drug-likeness (QED) is 0.864. The van der Waals surface area contributed by atoms with Crippen LogP contribution in [0.3, 0.4) is 0 Å². The summed E-state index contributed by atoms with van der Waals surface area (Å²) in [5, 5.41) is 3.27. The SMILES string of the molecule is CNCC1(c2ccc(Br)s2)CC1. The predicted molar refractivity (Wildman–Crippen MR) is 56.9 cm³/mol. The van der Waals surface area contributed by atoms with Crippen molar-refractivity contribution in [2.45, 2.75) is 18.3 Å². The Hall–Kier alpha value is 0.140. The molecule has 0 amide bonds. The molecule has 1 aliphatic carbocycles. The van der Waals surface area contributed by atoms with E-state index in [0.29, 0.717) is 5.41 Å². The zero-order valence-electron chi connectivity index (χ0n) is 7.06. The van der Waals surface area contributed by atoms with Gasteiger partial charge in [-0.3, -0.25) is 0 Å². The van der Waals surface area contributed by atoms with Crippen molar-refractivity contribution < 1.29 is 0 Å². The summed E-state index contributed by atoms with van der Waals surface area (Å²) in [5.41, 5.74) is 0.492. The van der Waals surface area contributed by atoms with Crippen LogP contribution in [0.4, 0.5) is 0 Å². The Balaban J connectivity index is 2.18. The molecular weight excluding hydrogens is 234 g/mol. The fraction of sp³-hybridized carbons (Fsp3) is 0.556. The molecule has 0 bridgehead atoms. The molecule has 12 heavy (non-hydrogen) atoms. The largest absolute Gasteiger partial charge is 0.319 e. The first kappa shape index (κ1) is 8.73. The summed E-state index contributed by atoms with van der Waals surface area (Å²) >= 11 is 5.38. The van der Waals surface area contributed by atoms with Gasteiger partial charge in [0, 0.05) is 16.8 Å². The highest BCUT2D eigenvalue weighted by Gasteiger charge is 2.44. The van der Waals surface area contributed by atoms with E-state index in [4.69, 9.17) is 0 Å². The van der Waals surface area contributed by atoms with Crippen LogP contribution < -0.4 is 5.32 Å². The second kappa shape index (κ2) is 3.13. The Kier molecular flexibility index (Phi) is 2.27. The molecule has 1 nitrogen and oxygen atoms in total. The predicted octanol–water partition coefficient (Wildman–Crippen LogP) is 2.76. The van der Waals surface area contributed by atoms with Gasteiger partial charge in [0.15, 0.2) is 0 Å². The van der Waals surface area contributed by atoms with Crippen LogP contribution in [0.5, 0.6) is 0 Å². The van der Waals surface area contributed by atoms with Gasteiger partial charge in [-0.25, -0.2) is 0 Å². The first-order chi connectivity index (χ1) is 5.77. The lowest BCUT2D eigenvalue weighted by atomic mass is 10.1. The second-order valence-corrected chi connectivity index (χ2v) is 5.88. The van der Waals surface area contributed by atoms with E-state index in [9.17, 15) is 0 Å². The van der Waals surface area contributed by atoms with E-state index in [1.54, 1.807) is 0 Å². The van der Waals surface area contributed by atoms with Crippen LogP contribution in [0.15, 0.2) is 15.9 Å². The van der Waals surface area contributed by atoms with E-state index < -0.39 is 0 Å². The van der Waals surface area contributed by atoms with E-state index in [1.165, 1.54) is 21.5 Å². The summed E-state index contributed by atoms with van der Waals surface area (Å²) in [6.45, 7) is 1.12. The number of hydrogen-bond acceptors (Lipinski definition) is 2. The van der Waals surface area contributed by atoms with Crippen molar-refractivity contribution in [3.63, 3.8) is 0 Å². The average molecular weight is 246 g/mol. The van der Waals surface area contributed by atoms with Crippen LogP contribution in [0.1, 0.15) is 17.7 Å². The molecular formula is C9H12BrNS. The summed E-state index contributed by atoms with van der Waals surface area (Å²) < 4.78 is 1.25. The number of likely N-dealkylation sites (N-methyl/N-ethyl adjacent to an activating group) is 1. The number of rotatable bonds is 3. The monoisotopic (exact) mass is 245 g/mol. The van der Waals surface area contributed by atoms with Crippen molar-refractivity contribution in [2.24, 2.45) is 0 Å². The third-order valence-electron chi connectivity index (χ3n) is 2.46. The van der Waals surface area contributed by atoms with Gasteiger partial charge in [0.1, 0.15) is 0 Å². The maximum absolute atomic E-state index is 3.50. The molecule has 1 heterocycles. The van der Waals surface area contributed by atoms with Gasteiger partial charge in [0.05, 0.1) is 3.79 Å². The maximum atomic E-state index is 3.50. The van der Waals surface area contributed by atoms with Crippen molar-refractivity contribution in [1.82, 2.24) is 5.32 Å². The molecule has 0 saturated heterocycles. The van der Waals surface area contributed by atoms with Crippen molar-refractivity contribution >= 4 is 27.3 Å². The third kappa shape index (κ3) is 1.45. The Morgan fingerprint density at radius 2 is 2.33 bits per heavy atom. The molecule has 0 radical (unpaired) electrons. The summed E-state index contributed by atoms with van der Waals surface area (Å²) in [5.74, 6) is 0. The van der Waals surface area contributed by atoms with E-state index in [0.717, 1.165) is 6.54 Å². The fourth-order valence-corrected chi connectivity index (χ4v) is 3.23. The molecule has 1 N–H and O–H groups in total. The van der Waals surface area contributed by atoms with Gasteiger partial charge in [0.25, 0.3) is 0 Å². The Bertz CT molecular complexity index is 278. The van der Waals surface area contributed by atoms with E-state index in [-0.39, 0.29) is 0 Å². The van der Waals surface area contributed by atoms with E-state index >= 15 is 0 Å². The van der Waals surface area contributed by atoms with Gasteiger partial charge < -0.3 is 5.32 Å². The molecule has 1 saturated carbocycles. The lowest BCUT2D eigenvalue weighted by Gasteiger charge is -2.11. The number of hydrogen-bond donors (Lipinski definition) is 1. The minimum absolute atomic E-state index is 0.492. The number of nitrogens with one attached hydrogen (secondary N) is 1. The summed E-state index contributed by atoms with van der Waals surface area (Å²) in [7, 11) is 2.03. The molecule has 66 valence electrons. The molecule has 1 aromatic rings. The first-order valence-corrected chi connectivity index (χ1v) is 5.78. The van der Waals surface area contributed by atoms with Gasteiger partial charge in [-0.1, -0.05) is 0 Å². The molecule has 0 spiro atoms. The van der Waals surface area contributed by atoms with Crippen molar-refractivity contribution in [2.75, 3.05) is 13.6 Å². The average Bonchev–Trinajstić information content (AvgIpc) is 2.69. The highest BCUT2D eigenvalue weighted by atomic mass is 79.9.